The van der Waals surface area contributed by atoms with Crippen LogP contribution in [0.5, 0.6) is 0 Å². The number of alkyl halides is 3. The minimum atomic E-state index is -4.99. The van der Waals surface area contributed by atoms with E-state index in [2.05, 4.69) is 6.92 Å². The highest BCUT2D eigenvalue weighted by atomic mass is 19.4. The van der Waals surface area contributed by atoms with E-state index in [0.29, 0.717) is 5.92 Å². The minimum Gasteiger partial charge on any atom is -0.289 e. The van der Waals surface area contributed by atoms with Gasteiger partial charge in [-0.15, -0.1) is 0 Å². The van der Waals surface area contributed by atoms with Gasteiger partial charge in [0.25, 0.3) is 0 Å². The first-order valence-corrected chi connectivity index (χ1v) is 5.70. The Bertz CT molecular complexity index is 294. The molecular weight excluding hydrogens is 235 g/mol. The van der Waals surface area contributed by atoms with Crippen LogP contribution in [-0.2, 0) is 9.59 Å². The molecule has 0 heterocycles. The summed E-state index contributed by atoms with van der Waals surface area (Å²) < 4.78 is 35.6. The summed E-state index contributed by atoms with van der Waals surface area (Å²) in [7, 11) is 0. The smallest absolute Gasteiger partial charge is 0.289 e. The maximum atomic E-state index is 11.9. The molecule has 1 saturated carbocycles. The molecule has 3 nitrogen and oxygen atoms in total. The molecule has 6 heteroatoms. The van der Waals surface area contributed by atoms with Gasteiger partial charge in [0.2, 0.25) is 5.91 Å². The van der Waals surface area contributed by atoms with Crippen molar-refractivity contribution in [1.29, 1.82) is 0 Å². The van der Waals surface area contributed by atoms with Gasteiger partial charge in [0, 0.05) is 6.42 Å². The number of carbonyl (C=O) groups is 2. The standard InChI is InChI=1S/C11H16F3NO2/c1-7-2-4-8(5-3-7)6-9(16)15-10(17)11(12,13)14/h7-8H,2-6H2,1H3,(H,15,16,17). The zero-order valence-corrected chi connectivity index (χ0v) is 9.64. The van der Waals surface area contributed by atoms with E-state index in [4.69, 9.17) is 0 Å². The van der Waals surface area contributed by atoms with Crippen LogP contribution in [0, 0.1) is 11.8 Å². The first-order valence-electron chi connectivity index (χ1n) is 5.70. The number of carbonyl (C=O) groups excluding carboxylic acids is 2. The van der Waals surface area contributed by atoms with Crippen molar-refractivity contribution in [2.45, 2.75) is 45.2 Å². The molecular formula is C11H16F3NO2. The van der Waals surface area contributed by atoms with Crippen LogP contribution in [0.25, 0.3) is 0 Å². The quantitative estimate of drug-likeness (QED) is 0.819. The van der Waals surface area contributed by atoms with E-state index in [9.17, 15) is 22.8 Å². The molecule has 0 aromatic heterocycles. The monoisotopic (exact) mass is 251 g/mol. The molecule has 1 rings (SSSR count). The minimum absolute atomic E-state index is 0.00847. The molecule has 0 atom stereocenters. The van der Waals surface area contributed by atoms with Crippen LogP contribution in [0.1, 0.15) is 39.0 Å². The third-order valence-corrected chi connectivity index (χ3v) is 3.12. The average Bonchev–Trinajstić information content (AvgIpc) is 2.20. The Morgan fingerprint density at radius 3 is 2.18 bits per heavy atom. The highest BCUT2D eigenvalue weighted by molar-refractivity contribution is 5.97. The third-order valence-electron chi connectivity index (χ3n) is 3.12. The third kappa shape index (κ3) is 4.75. The van der Waals surface area contributed by atoms with Crippen molar-refractivity contribution in [3.05, 3.63) is 0 Å². The van der Waals surface area contributed by atoms with E-state index in [1.165, 1.54) is 5.32 Å². The van der Waals surface area contributed by atoms with Crippen molar-refractivity contribution in [3.63, 3.8) is 0 Å². The fourth-order valence-electron chi connectivity index (χ4n) is 2.04. The molecule has 98 valence electrons. The molecule has 0 aromatic rings. The largest absolute Gasteiger partial charge is 0.471 e. The maximum absolute atomic E-state index is 11.9. The number of rotatable bonds is 2. The summed E-state index contributed by atoms with van der Waals surface area (Å²) in [5.41, 5.74) is 0. The van der Waals surface area contributed by atoms with Crippen molar-refractivity contribution in [2.24, 2.45) is 11.8 Å². The second kappa shape index (κ2) is 5.51. The summed E-state index contributed by atoms with van der Waals surface area (Å²) in [4.78, 5) is 21.7. The van der Waals surface area contributed by atoms with Gasteiger partial charge in [-0.3, -0.25) is 14.9 Å². The lowest BCUT2D eigenvalue weighted by Crippen LogP contribution is -2.41. The number of hydrogen-bond acceptors (Lipinski definition) is 2. The van der Waals surface area contributed by atoms with E-state index >= 15 is 0 Å². The van der Waals surface area contributed by atoms with Gasteiger partial charge < -0.3 is 0 Å². The average molecular weight is 251 g/mol. The summed E-state index contributed by atoms with van der Waals surface area (Å²) in [5.74, 6) is -2.28. The number of imide groups is 1. The predicted octanol–water partition coefficient (Wildman–Crippen LogP) is 2.41. The fraction of sp³-hybridized carbons (Fsp3) is 0.818. The van der Waals surface area contributed by atoms with E-state index in [1.807, 2.05) is 0 Å². The van der Waals surface area contributed by atoms with Crippen LogP contribution in [0.15, 0.2) is 0 Å². The van der Waals surface area contributed by atoms with E-state index in [0.717, 1.165) is 25.7 Å². The molecule has 0 radical (unpaired) electrons. The Morgan fingerprint density at radius 2 is 1.71 bits per heavy atom. The lowest BCUT2D eigenvalue weighted by atomic mass is 9.81. The van der Waals surface area contributed by atoms with E-state index < -0.39 is 18.0 Å². The zero-order chi connectivity index (χ0) is 13.1. The normalized spacial score (nSPS) is 25.4. The molecule has 17 heavy (non-hydrogen) atoms. The van der Waals surface area contributed by atoms with Crippen molar-refractivity contribution < 1.29 is 22.8 Å². The van der Waals surface area contributed by atoms with Crippen molar-refractivity contribution in [2.75, 3.05) is 0 Å². The summed E-state index contributed by atoms with van der Waals surface area (Å²) in [6.07, 6.45) is -1.31. The van der Waals surface area contributed by atoms with Gasteiger partial charge in [-0.2, -0.15) is 13.2 Å². The molecule has 1 aliphatic carbocycles. The van der Waals surface area contributed by atoms with E-state index in [-0.39, 0.29) is 12.3 Å². The first kappa shape index (κ1) is 14.0. The molecule has 0 aromatic carbocycles. The van der Waals surface area contributed by atoms with Crippen molar-refractivity contribution in [1.82, 2.24) is 5.32 Å². The molecule has 2 amide bonds. The highest BCUT2D eigenvalue weighted by Crippen LogP contribution is 2.30. The van der Waals surface area contributed by atoms with Crippen LogP contribution >= 0.6 is 0 Å². The van der Waals surface area contributed by atoms with Crippen LogP contribution in [-0.4, -0.2) is 18.0 Å². The molecule has 1 aliphatic rings. The molecule has 0 aliphatic heterocycles. The van der Waals surface area contributed by atoms with E-state index in [1.54, 1.807) is 0 Å². The van der Waals surface area contributed by atoms with Gasteiger partial charge in [-0.25, -0.2) is 0 Å². The topological polar surface area (TPSA) is 46.2 Å². The highest BCUT2D eigenvalue weighted by Gasteiger charge is 2.39. The number of amides is 2. The Balaban J connectivity index is 2.33. The van der Waals surface area contributed by atoms with Crippen LogP contribution in [0.3, 0.4) is 0 Å². The molecule has 0 unspecified atom stereocenters. The number of hydrogen-bond donors (Lipinski definition) is 1. The van der Waals surface area contributed by atoms with Crippen molar-refractivity contribution >= 4 is 11.8 Å². The summed E-state index contributed by atoms with van der Waals surface area (Å²) >= 11 is 0. The first-order chi connectivity index (χ1) is 7.79. The Hall–Kier alpha value is -1.07. The second-order valence-corrected chi connectivity index (χ2v) is 4.71. The molecule has 1 N–H and O–H groups in total. The van der Waals surface area contributed by atoms with Gasteiger partial charge in [-0.05, 0) is 24.7 Å². The van der Waals surface area contributed by atoms with Gasteiger partial charge in [0.15, 0.2) is 0 Å². The number of halogens is 3. The second-order valence-electron chi connectivity index (χ2n) is 4.71. The van der Waals surface area contributed by atoms with Crippen LogP contribution < -0.4 is 5.32 Å². The summed E-state index contributed by atoms with van der Waals surface area (Å²) in [6, 6.07) is 0. The number of nitrogens with one attached hydrogen (secondary N) is 1. The zero-order valence-electron chi connectivity index (χ0n) is 9.64. The van der Waals surface area contributed by atoms with Gasteiger partial charge in [-0.1, -0.05) is 19.8 Å². The van der Waals surface area contributed by atoms with Gasteiger partial charge >= 0.3 is 12.1 Å². The maximum Gasteiger partial charge on any atom is 0.471 e. The Kier molecular flexibility index (Phi) is 4.54. The SMILES string of the molecule is CC1CCC(CC(=O)NC(=O)C(F)(F)F)CC1. The fourth-order valence-corrected chi connectivity index (χ4v) is 2.04. The lowest BCUT2D eigenvalue weighted by Gasteiger charge is -2.25. The lowest BCUT2D eigenvalue weighted by molar-refractivity contribution is -0.174. The molecule has 0 saturated heterocycles. The Labute approximate surface area is 97.8 Å². The summed E-state index contributed by atoms with van der Waals surface area (Å²) in [6.45, 7) is 2.11. The Morgan fingerprint density at radius 1 is 1.18 bits per heavy atom. The summed E-state index contributed by atoms with van der Waals surface area (Å²) in [5, 5.41) is 1.38. The van der Waals surface area contributed by atoms with Gasteiger partial charge in [0.1, 0.15) is 0 Å². The molecule has 0 spiro atoms. The van der Waals surface area contributed by atoms with Crippen LogP contribution in [0.2, 0.25) is 0 Å². The van der Waals surface area contributed by atoms with Crippen molar-refractivity contribution in [3.8, 4) is 0 Å². The van der Waals surface area contributed by atoms with Gasteiger partial charge in [0.05, 0.1) is 0 Å². The predicted molar refractivity (Wildman–Crippen MR) is 54.9 cm³/mol. The van der Waals surface area contributed by atoms with Crippen LogP contribution in [0.4, 0.5) is 13.2 Å². The molecule has 0 bridgehead atoms. The molecule has 1 fully saturated rings.